The topological polar surface area (TPSA) is 327 Å². The number of hydrogen-bond donors (Lipinski definition) is 11. The number of hydrogen-bond acceptors (Lipinski definition) is 21. The van der Waals surface area contributed by atoms with Crippen molar-refractivity contribution in [3.05, 3.63) is 40.6 Å². The summed E-state index contributed by atoms with van der Waals surface area (Å²) in [6.45, 7) is -2.98. The molecule has 21 heteroatoms. The van der Waals surface area contributed by atoms with Gasteiger partial charge in [0, 0.05) is 17.7 Å². The molecular weight excluding hydrogens is 744 g/mol. The van der Waals surface area contributed by atoms with Gasteiger partial charge in [-0.2, -0.15) is 0 Å². The van der Waals surface area contributed by atoms with Gasteiger partial charge in [-0.3, -0.25) is 4.79 Å². The number of benzene rings is 2. The fourth-order valence-electron chi connectivity index (χ4n) is 5.67. The van der Waals surface area contributed by atoms with Crippen LogP contribution in [0.25, 0.3) is 22.3 Å². The van der Waals surface area contributed by atoms with Crippen molar-refractivity contribution in [2.75, 3.05) is 59.5 Å². The van der Waals surface area contributed by atoms with Crippen LogP contribution in [0, 0.1) is 0 Å². The first-order chi connectivity index (χ1) is 26.4. The van der Waals surface area contributed by atoms with Gasteiger partial charge in [-0.1, -0.05) is 0 Å². The van der Waals surface area contributed by atoms with Gasteiger partial charge >= 0.3 is 0 Å². The molecule has 0 saturated carbocycles. The summed E-state index contributed by atoms with van der Waals surface area (Å²) < 4.78 is 50.6. The van der Waals surface area contributed by atoms with Gasteiger partial charge in [0.1, 0.15) is 91.6 Å². The van der Waals surface area contributed by atoms with Crippen LogP contribution in [0.4, 0.5) is 0 Å². The van der Waals surface area contributed by atoms with Crippen LogP contribution >= 0.6 is 0 Å². The van der Waals surface area contributed by atoms with Crippen molar-refractivity contribution < 1.29 is 98.5 Å². The Hall–Kier alpha value is -3.91. The Balaban J connectivity index is 1.58. The summed E-state index contributed by atoms with van der Waals surface area (Å²) in [6.07, 6.45) is -18.7. The molecule has 0 unspecified atom stereocenters. The molecule has 0 amide bonds. The number of ether oxygens (including phenoxy) is 8. The normalized spacial score (nSPS) is 28.2. The lowest BCUT2D eigenvalue weighted by atomic mass is 9.99. The molecule has 0 radical (unpaired) electrons. The summed E-state index contributed by atoms with van der Waals surface area (Å²) in [5.74, 6) is -0.816. The lowest BCUT2D eigenvalue weighted by Crippen LogP contribution is -2.62. The van der Waals surface area contributed by atoms with E-state index >= 15 is 0 Å². The van der Waals surface area contributed by atoms with E-state index in [4.69, 9.17) is 42.3 Å². The van der Waals surface area contributed by atoms with Crippen LogP contribution in [0.1, 0.15) is 0 Å². The highest BCUT2D eigenvalue weighted by atomic mass is 16.8. The fourth-order valence-corrected chi connectivity index (χ4v) is 5.67. The Morgan fingerprint density at radius 2 is 1.20 bits per heavy atom. The van der Waals surface area contributed by atoms with Crippen molar-refractivity contribution in [1.29, 1.82) is 0 Å². The molecule has 2 aliphatic rings. The summed E-state index contributed by atoms with van der Waals surface area (Å²) in [6, 6.07) is 6.82. The molecule has 21 nitrogen and oxygen atoms in total. The Morgan fingerprint density at radius 1 is 0.600 bits per heavy atom. The van der Waals surface area contributed by atoms with Gasteiger partial charge in [0.25, 0.3) is 0 Å². The van der Waals surface area contributed by atoms with Crippen LogP contribution in [0.2, 0.25) is 0 Å². The molecule has 2 aliphatic heterocycles. The van der Waals surface area contributed by atoms with Crippen LogP contribution in [0.5, 0.6) is 28.7 Å². The summed E-state index contributed by atoms with van der Waals surface area (Å²) >= 11 is 0. The van der Waals surface area contributed by atoms with Crippen LogP contribution in [0.3, 0.4) is 0 Å². The van der Waals surface area contributed by atoms with E-state index < -0.39 is 86.0 Å². The van der Waals surface area contributed by atoms with Gasteiger partial charge in [0.15, 0.2) is 29.8 Å². The first-order valence-corrected chi connectivity index (χ1v) is 17.0. The first kappa shape index (κ1) is 42.2. The van der Waals surface area contributed by atoms with Crippen molar-refractivity contribution in [1.82, 2.24) is 0 Å². The van der Waals surface area contributed by atoms with Gasteiger partial charge in [-0.25, -0.2) is 0 Å². The molecule has 2 fully saturated rings. The third-order valence-electron chi connectivity index (χ3n) is 8.38. The van der Waals surface area contributed by atoms with Crippen molar-refractivity contribution in [2.45, 2.75) is 61.6 Å². The van der Waals surface area contributed by atoms with Gasteiger partial charge in [0.05, 0.1) is 33.0 Å². The zero-order chi connectivity index (χ0) is 39.8. The quantitative estimate of drug-likeness (QED) is 0.0584. The Labute approximate surface area is 311 Å². The van der Waals surface area contributed by atoms with E-state index in [9.17, 15) is 61.0 Å². The monoisotopic (exact) mass is 788 g/mol. The van der Waals surface area contributed by atoms with Crippen molar-refractivity contribution in [2.24, 2.45) is 0 Å². The maximum absolute atomic E-state index is 14.5. The molecule has 10 atom stereocenters. The van der Waals surface area contributed by atoms with E-state index in [1.54, 1.807) is 0 Å². The minimum Gasteiger partial charge on any atom is -0.491 e. The Morgan fingerprint density at radius 3 is 1.87 bits per heavy atom. The van der Waals surface area contributed by atoms with Crippen molar-refractivity contribution in [3.63, 3.8) is 0 Å². The fraction of sp³-hybridized carbons (Fsp3) is 0.559. The van der Waals surface area contributed by atoms with E-state index in [1.807, 2.05) is 0 Å². The van der Waals surface area contributed by atoms with Gasteiger partial charge in [-0.15, -0.1) is 0 Å². The minimum absolute atomic E-state index is 0.0419. The SMILES string of the molecule is O=c1c(O[C@H]2O[C@@H](CO[C@H]3O[C@H](O)[C@@H](O)[C@H](O)[C@@H]3O)[C@H](O)[C@@H](O)[C@@H]2O)c(-c2ccc(OCCO)c(OCCO)c2)oc2cc(OCCO)cc(OCCO)c12. The number of aliphatic hydroxyl groups excluding tert-OH is 11. The molecular formula is C34H44O21. The largest absolute Gasteiger partial charge is 0.491 e. The molecule has 3 aromatic rings. The third kappa shape index (κ3) is 9.56. The second kappa shape index (κ2) is 19.3. The third-order valence-corrected chi connectivity index (χ3v) is 8.38. The molecule has 0 aliphatic carbocycles. The van der Waals surface area contributed by atoms with Crippen molar-refractivity contribution in [3.8, 4) is 40.1 Å². The first-order valence-electron chi connectivity index (χ1n) is 17.0. The predicted molar refractivity (Wildman–Crippen MR) is 180 cm³/mol. The summed E-state index contributed by atoms with van der Waals surface area (Å²) in [5, 5.41) is 110. The van der Waals surface area contributed by atoms with Crippen LogP contribution in [-0.2, 0) is 14.2 Å². The maximum atomic E-state index is 14.5. The highest BCUT2D eigenvalue weighted by molar-refractivity contribution is 5.89. The number of fused-ring (bicyclic) bond motifs is 1. The van der Waals surface area contributed by atoms with Gasteiger partial charge < -0.3 is 98.5 Å². The lowest BCUT2D eigenvalue weighted by Gasteiger charge is -2.42. The second-order valence-corrected chi connectivity index (χ2v) is 12.2. The molecule has 0 spiro atoms. The van der Waals surface area contributed by atoms with E-state index in [-0.39, 0.29) is 91.5 Å². The minimum atomic E-state index is -2.03. The zero-order valence-corrected chi connectivity index (χ0v) is 29.0. The molecule has 5 rings (SSSR count). The second-order valence-electron chi connectivity index (χ2n) is 12.2. The smallest absolute Gasteiger partial charge is 0.239 e. The average molecular weight is 789 g/mol. The molecule has 55 heavy (non-hydrogen) atoms. The van der Waals surface area contributed by atoms with E-state index in [2.05, 4.69) is 0 Å². The molecule has 11 N–H and O–H groups in total. The summed E-state index contributed by atoms with van der Waals surface area (Å²) in [5.41, 5.74) is -0.978. The average Bonchev–Trinajstić information content (AvgIpc) is 3.18. The molecule has 1 aromatic heterocycles. The summed E-state index contributed by atoms with van der Waals surface area (Å²) in [7, 11) is 0. The Kier molecular flexibility index (Phi) is 14.8. The van der Waals surface area contributed by atoms with E-state index in [1.165, 1.54) is 30.3 Å². The molecule has 306 valence electrons. The molecule has 2 saturated heterocycles. The summed E-state index contributed by atoms with van der Waals surface area (Å²) in [4.78, 5) is 14.5. The lowest BCUT2D eigenvalue weighted by molar-refractivity contribution is -0.350. The van der Waals surface area contributed by atoms with Crippen molar-refractivity contribution >= 4 is 11.0 Å². The van der Waals surface area contributed by atoms with Crippen LogP contribution in [-0.4, -0.2) is 177 Å². The standard InChI is InChI=1S/C34H44O21/c35-3-7-47-16-12-19(50-10-6-38)22-20(13-16)52-30(15-1-2-17(48-8-4-36)18(11-15)49-9-5-37)31(24(22)40)54-34-29(45)25(41)23(39)21(53-34)14-51-33-28(44)26(42)27(43)32(46)55-33/h1-2,11-13,21,23,25-29,32-39,41-46H,3-10,14H2/t21-,23-,25+,26-,27-,28-,29-,32-,33-,34+/m0/s1. The molecule has 3 heterocycles. The van der Waals surface area contributed by atoms with Crippen LogP contribution in [0.15, 0.2) is 39.5 Å². The molecule has 0 bridgehead atoms. The predicted octanol–water partition coefficient (Wildman–Crippen LogP) is -4.10. The van der Waals surface area contributed by atoms with E-state index in [0.717, 1.165) is 0 Å². The molecule has 2 aromatic carbocycles. The maximum Gasteiger partial charge on any atom is 0.239 e. The zero-order valence-electron chi connectivity index (χ0n) is 29.0. The highest BCUT2D eigenvalue weighted by Gasteiger charge is 2.48. The van der Waals surface area contributed by atoms with Gasteiger partial charge in [-0.05, 0) is 18.2 Å². The van der Waals surface area contributed by atoms with Gasteiger partial charge in [0.2, 0.25) is 17.5 Å². The number of rotatable bonds is 18. The van der Waals surface area contributed by atoms with Crippen LogP contribution < -0.4 is 29.1 Å². The number of aliphatic hydroxyl groups is 11. The van der Waals surface area contributed by atoms with E-state index in [0.29, 0.717) is 0 Å². The Bertz CT molecular complexity index is 1750. The highest BCUT2D eigenvalue weighted by Crippen LogP contribution is 2.41.